The molecule has 0 N–H and O–H groups in total. The predicted octanol–water partition coefficient (Wildman–Crippen LogP) is 7.36. The molecule has 3 aromatic carbocycles. The molecule has 164 valence electrons. The van der Waals surface area contributed by atoms with Gasteiger partial charge in [0.15, 0.2) is 0 Å². The summed E-state index contributed by atoms with van der Waals surface area (Å²) >= 11 is 0. The van der Waals surface area contributed by atoms with Gasteiger partial charge in [0, 0.05) is 12.4 Å². The van der Waals surface area contributed by atoms with E-state index in [9.17, 15) is 0 Å². The molecule has 2 aromatic heterocycles. The van der Waals surface area contributed by atoms with Gasteiger partial charge < -0.3 is 14.9 Å². The quantitative estimate of drug-likeness (QED) is 0.195. The van der Waals surface area contributed by atoms with E-state index in [0.29, 0.717) is 0 Å². The van der Waals surface area contributed by atoms with Crippen LogP contribution in [0.3, 0.4) is 0 Å². The van der Waals surface area contributed by atoms with E-state index < -0.39 is 0 Å². The van der Waals surface area contributed by atoms with Crippen molar-refractivity contribution in [1.29, 1.82) is 0 Å². The molecule has 0 unspecified atom stereocenters. The van der Waals surface area contributed by atoms with Crippen LogP contribution in [0.2, 0.25) is 0 Å². The van der Waals surface area contributed by atoms with Crippen molar-refractivity contribution in [3.8, 4) is 22.5 Å². The maximum Gasteiger partial charge on any atom is 2.00 e. The van der Waals surface area contributed by atoms with Crippen LogP contribution >= 0.6 is 0 Å². The Morgan fingerprint density at radius 1 is 0.559 bits per heavy atom. The smallest absolute Gasteiger partial charge is 0.345 e. The third kappa shape index (κ3) is 4.11. The Labute approximate surface area is 213 Å². The molecule has 1 aliphatic heterocycles. The zero-order valence-electron chi connectivity index (χ0n) is 18.1. The Kier molecular flexibility index (Phi) is 6.20. The summed E-state index contributed by atoms with van der Waals surface area (Å²) in [5.74, 6) is 0. The van der Waals surface area contributed by atoms with Crippen molar-refractivity contribution in [3.05, 3.63) is 127 Å². The zero-order chi connectivity index (χ0) is 22.0. The fraction of sp³-hybridized carbons (Fsp3) is 0. The van der Waals surface area contributed by atoms with E-state index in [1.165, 1.54) is 0 Å². The van der Waals surface area contributed by atoms with E-state index in [0.717, 1.165) is 50.7 Å². The number of nitrogens with zero attached hydrogens (tertiary/aromatic N) is 3. The average molecular weight is 617 g/mol. The molecule has 3 heterocycles. The van der Waals surface area contributed by atoms with Gasteiger partial charge in [-0.15, -0.1) is 53.6 Å². The van der Waals surface area contributed by atoms with Crippen molar-refractivity contribution in [1.82, 2.24) is 9.97 Å². The second-order valence-electron chi connectivity index (χ2n) is 7.78. The summed E-state index contributed by atoms with van der Waals surface area (Å²) in [4.78, 5) is 11.3. The summed E-state index contributed by atoms with van der Waals surface area (Å²) in [6, 6.07) is 37.9. The number of anilines is 3. The summed E-state index contributed by atoms with van der Waals surface area (Å²) in [6.07, 6.45) is 7.93. The summed E-state index contributed by atoms with van der Waals surface area (Å²) in [5, 5.41) is 0. The van der Waals surface area contributed by atoms with E-state index >= 15 is 0 Å². The third-order valence-electron chi connectivity index (χ3n) is 5.70. The molecule has 0 saturated carbocycles. The van der Waals surface area contributed by atoms with Gasteiger partial charge in [0.1, 0.15) is 0 Å². The van der Waals surface area contributed by atoms with Crippen LogP contribution in [-0.4, -0.2) is 9.97 Å². The molecule has 0 atom stereocenters. The predicted molar refractivity (Wildman–Crippen MR) is 134 cm³/mol. The van der Waals surface area contributed by atoms with Crippen LogP contribution in [0.4, 0.5) is 17.1 Å². The Bertz CT molecular complexity index is 1460. The number of rotatable bonds is 3. The molecule has 6 rings (SSSR count). The number of hydrogen-bond donors (Lipinski definition) is 0. The number of pyridine rings is 2. The molecule has 0 fully saturated rings. The molecule has 0 spiro atoms. The van der Waals surface area contributed by atoms with E-state index in [1.807, 2.05) is 54.9 Å². The Morgan fingerprint density at radius 2 is 1.24 bits per heavy atom. The first kappa shape index (κ1) is 22.0. The fourth-order valence-electron chi connectivity index (χ4n) is 4.13. The van der Waals surface area contributed by atoms with Crippen LogP contribution in [0, 0.1) is 12.1 Å². The first-order valence-corrected chi connectivity index (χ1v) is 10.9. The first-order chi connectivity index (χ1) is 16.4. The van der Waals surface area contributed by atoms with E-state index in [1.54, 1.807) is 0 Å². The van der Waals surface area contributed by atoms with Crippen molar-refractivity contribution >= 4 is 29.2 Å². The number of fused-ring (bicyclic) bond motifs is 2. The third-order valence-corrected chi connectivity index (χ3v) is 5.70. The summed E-state index contributed by atoms with van der Waals surface area (Å²) in [5.41, 5.74) is 8.90. The minimum absolute atomic E-state index is 0. The van der Waals surface area contributed by atoms with Gasteiger partial charge in [0.25, 0.3) is 0 Å². The Balaban J connectivity index is 0.00000241. The van der Waals surface area contributed by atoms with E-state index in [-0.39, 0.29) is 21.1 Å². The van der Waals surface area contributed by atoms with Crippen molar-refractivity contribution in [2.45, 2.75) is 0 Å². The molecular formula is C30H19N3Pt. The zero-order valence-corrected chi connectivity index (χ0v) is 20.4. The molecule has 3 nitrogen and oxygen atoms in total. The second-order valence-corrected chi connectivity index (χ2v) is 7.78. The van der Waals surface area contributed by atoms with Crippen LogP contribution in [0.15, 0.2) is 103 Å². The SMILES string of the molecule is [Pt+2].[c-]1c(-c2ccccn2)cccc1N1c2[c-]c(-c3ccccn3)ccc2C=Cc2ccccc21. The van der Waals surface area contributed by atoms with Crippen LogP contribution in [-0.2, 0) is 21.1 Å². The molecule has 5 aromatic rings. The first-order valence-electron chi connectivity index (χ1n) is 10.9. The maximum atomic E-state index is 4.53. The summed E-state index contributed by atoms with van der Waals surface area (Å²) in [6.45, 7) is 0. The van der Waals surface area contributed by atoms with Gasteiger partial charge in [-0.2, -0.15) is 0 Å². The van der Waals surface area contributed by atoms with E-state index in [2.05, 4.69) is 87.7 Å². The molecular weight excluding hydrogens is 597 g/mol. The van der Waals surface area contributed by atoms with Crippen LogP contribution in [0.25, 0.3) is 34.7 Å². The largest absolute Gasteiger partial charge is 2.00 e. The van der Waals surface area contributed by atoms with Crippen molar-refractivity contribution in [2.75, 3.05) is 4.90 Å². The molecule has 1 aliphatic rings. The second kappa shape index (κ2) is 9.59. The molecule has 4 heteroatoms. The minimum atomic E-state index is 0. The maximum absolute atomic E-state index is 4.53. The van der Waals surface area contributed by atoms with Crippen molar-refractivity contribution in [2.24, 2.45) is 0 Å². The average Bonchev–Trinajstić information content (AvgIpc) is 3.06. The van der Waals surface area contributed by atoms with Crippen LogP contribution < -0.4 is 4.90 Å². The van der Waals surface area contributed by atoms with Crippen molar-refractivity contribution in [3.63, 3.8) is 0 Å². The van der Waals surface area contributed by atoms with Gasteiger partial charge in [-0.1, -0.05) is 60.2 Å². The summed E-state index contributed by atoms with van der Waals surface area (Å²) in [7, 11) is 0. The fourth-order valence-corrected chi connectivity index (χ4v) is 4.13. The molecule has 0 amide bonds. The van der Waals surface area contributed by atoms with Gasteiger partial charge in [-0.05, 0) is 46.5 Å². The monoisotopic (exact) mass is 616 g/mol. The van der Waals surface area contributed by atoms with Gasteiger partial charge in [-0.25, -0.2) is 0 Å². The molecule has 0 bridgehead atoms. The molecule has 0 aliphatic carbocycles. The molecule has 34 heavy (non-hydrogen) atoms. The van der Waals surface area contributed by atoms with E-state index in [4.69, 9.17) is 0 Å². The standard InChI is InChI=1S/C30H19N3.Pt/c1-2-13-29-22(8-1)14-15-23-16-17-25(28-12-4-6-19-32-28)21-30(23)33(29)26-10-7-9-24(20-26)27-11-3-5-18-31-27;/h1-19H;/q-2;+2. The number of hydrogen-bond acceptors (Lipinski definition) is 3. The number of aromatic nitrogens is 2. The van der Waals surface area contributed by atoms with Gasteiger partial charge in [0.2, 0.25) is 0 Å². The van der Waals surface area contributed by atoms with Gasteiger partial charge >= 0.3 is 21.1 Å². The minimum Gasteiger partial charge on any atom is -0.345 e. The number of para-hydroxylation sites is 1. The normalized spacial score (nSPS) is 11.7. The molecule has 0 saturated heterocycles. The van der Waals surface area contributed by atoms with Crippen LogP contribution in [0.5, 0.6) is 0 Å². The van der Waals surface area contributed by atoms with Gasteiger partial charge in [-0.3, -0.25) is 0 Å². The Hall–Kier alpha value is -3.81. The number of benzene rings is 3. The molecule has 0 radical (unpaired) electrons. The van der Waals surface area contributed by atoms with Crippen molar-refractivity contribution < 1.29 is 21.1 Å². The Morgan fingerprint density at radius 3 is 1.97 bits per heavy atom. The summed E-state index contributed by atoms with van der Waals surface area (Å²) < 4.78 is 0. The van der Waals surface area contributed by atoms with Crippen LogP contribution in [0.1, 0.15) is 11.1 Å². The topological polar surface area (TPSA) is 29.0 Å². The van der Waals surface area contributed by atoms with Gasteiger partial charge in [0.05, 0.1) is 5.69 Å².